The summed E-state index contributed by atoms with van der Waals surface area (Å²) in [7, 11) is 0. The van der Waals surface area contributed by atoms with Gasteiger partial charge in [0.15, 0.2) is 0 Å². The maximum absolute atomic E-state index is 9.23. The molecule has 2 aromatic rings. The van der Waals surface area contributed by atoms with Gasteiger partial charge in [-0.25, -0.2) is 9.97 Å². The summed E-state index contributed by atoms with van der Waals surface area (Å²) < 4.78 is 0. The monoisotopic (exact) mass is 377 g/mol. The topological polar surface area (TPSA) is 101 Å². The van der Waals surface area contributed by atoms with Crippen molar-refractivity contribution in [1.82, 2.24) is 15.3 Å². The predicted octanol–water partition coefficient (Wildman–Crippen LogP) is 2.84. The molecule has 0 saturated heterocycles. The van der Waals surface area contributed by atoms with E-state index in [-0.39, 0.29) is 0 Å². The highest BCUT2D eigenvalue weighted by Crippen LogP contribution is 2.16. The molecule has 0 spiro atoms. The largest absolute Gasteiger partial charge is 0.369 e. The Hall–Kier alpha value is -3.16. The second-order valence-corrected chi connectivity index (χ2v) is 6.45. The zero-order chi connectivity index (χ0) is 20.2. The third-order valence-electron chi connectivity index (χ3n) is 4.30. The summed E-state index contributed by atoms with van der Waals surface area (Å²) in [6, 6.07) is 11.7. The number of aryl methyl sites for hydroxylation is 1. The Balaban J connectivity index is 1.72. The lowest BCUT2D eigenvalue weighted by molar-refractivity contribution is 0.634. The molecule has 2 rings (SSSR count). The Morgan fingerprint density at radius 2 is 1.89 bits per heavy atom. The predicted molar refractivity (Wildman–Crippen MR) is 111 cm³/mol. The number of nitrogens with zero attached hydrogens (tertiary/aromatic N) is 5. The molecule has 0 amide bonds. The first-order valence-electron chi connectivity index (χ1n) is 9.62. The normalized spacial score (nSPS) is 10.1. The highest BCUT2D eigenvalue weighted by Gasteiger charge is 2.08. The first-order chi connectivity index (χ1) is 13.7. The SMILES string of the molecule is CCCN(CCNCCCNc1nc(C)c(C#N)cc1C#N)c1ccccn1. The lowest BCUT2D eigenvalue weighted by Gasteiger charge is -2.23. The van der Waals surface area contributed by atoms with E-state index in [0.29, 0.717) is 29.2 Å². The molecule has 0 atom stereocenters. The number of nitriles is 2. The van der Waals surface area contributed by atoms with Gasteiger partial charge in [-0.05, 0) is 44.5 Å². The second kappa shape index (κ2) is 11.5. The average molecular weight is 377 g/mol. The molecular formula is C21H27N7. The van der Waals surface area contributed by atoms with Crippen molar-refractivity contribution in [3.05, 3.63) is 47.3 Å². The molecule has 0 aliphatic heterocycles. The Morgan fingerprint density at radius 1 is 1.07 bits per heavy atom. The van der Waals surface area contributed by atoms with Crippen LogP contribution in [0.4, 0.5) is 11.6 Å². The van der Waals surface area contributed by atoms with Gasteiger partial charge in [0.25, 0.3) is 0 Å². The van der Waals surface area contributed by atoms with E-state index in [1.54, 1.807) is 13.0 Å². The molecule has 7 heteroatoms. The van der Waals surface area contributed by atoms with Crippen molar-refractivity contribution in [3.8, 4) is 12.1 Å². The molecule has 2 heterocycles. The first kappa shape index (κ1) is 21.1. The molecule has 0 aromatic carbocycles. The summed E-state index contributed by atoms with van der Waals surface area (Å²) in [5.41, 5.74) is 1.47. The molecule has 2 N–H and O–H groups in total. The molecule has 7 nitrogen and oxygen atoms in total. The number of aromatic nitrogens is 2. The van der Waals surface area contributed by atoms with Crippen LogP contribution in [0.25, 0.3) is 0 Å². The average Bonchev–Trinajstić information content (AvgIpc) is 2.73. The van der Waals surface area contributed by atoms with E-state index in [0.717, 1.165) is 44.8 Å². The molecule has 0 saturated carbocycles. The van der Waals surface area contributed by atoms with E-state index in [1.807, 2.05) is 24.4 Å². The lowest BCUT2D eigenvalue weighted by Crippen LogP contribution is -2.34. The standard InChI is InChI=1S/C21H27N7/c1-3-12-28(20-7-4-5-9-25-20)13-11-24-8-6-10-26-21-19(16-23)14-18(15-22)17(2)27-21/h4-5,7,9,14,24H,3,6,8,10-13H2,1-2H3,(H,26,27). The quantitative estimate of drug-likeness (QED) is 0.581. The van der Waals surface area contributed by atoms with Gasteiger partial charge in [0.1, 0.15) is 23.8 Å². The van der Waals surface area contributed by atoms with Gasteiger partial charge in [-0.1, -0.05) is 13.0 Å². The Morgan fingerprint density at radius 3 is 2.57 bits per heavy atom. The van der Waals surface area contributed by atoms with Crippen LogP contribution in [0.5, 0.6) is 0 Å². The maximum Gasteiger partial charge on any atom is 0.144 e. The van der Waals surface area contributed by atoms with Crippen molar-refractivity contribution in [3.63, 3.8) is 0 Å². The lowest BCUT2D eigenvalue weighted by atomic mass is 10.1. The van der Waals surface area contributed by atoms with Crippen molar-refractivity contribution in [2.24, 2.45) is 0 Å². The van der Waals surface area contributed by atoms with Gasteiger partial charge in [-0.15, -0.1) is 0 Å². The fraction of sp³-hybridized carbons (Fsp3) is 0.429. The van der Waals surface area contributed by atoms with Crippen molar-refractivity contribution >= 4 is 11.6 Å². The molecule has 0 radical (unpaired) electrons. The summed E-state index contributed by atoms with van der Waals surface area (Å²) in [5, 5.41) is 24.9. The molecule has 146 valence electrons. The zero-order valence-electron chi connectivity index (χ0n) is 16.6. The van der Waals surface area contributed by atoms with E-state index in [1.165, 1.54) is 0 Å². The van der Waals surface area contributed by atoms with Gasteiger partial charge < -0.3 is 15.5 Å². The Labute approximate surface area is 167 Å². The van der Waals surface area contributed by atoms with Crippen molar-refractivity contribution in [1.29, 1.82) is 10.5 Å². The van der Waals surface area contributed by atoms with Crippen LogP contribution in [0.2, 0.25) is 0 Å². The van der Waals surface area contributed by atoms with Crippen LogP contribution in [-0.4, -0.2) is 42.7 Å². The Kier molecular flexibility index (Phi) is 8.71. The number of anilines is 2. The van der Waals surface area contributed by atoms with E-state index in [9.17, 15) is 5.26 Å². The zero-order valence-corrected chi connectivity index (χ0v) is 16.6. The van der Waals surface area contributed by atoms with Crippen LogP contribution >= 0.6 is 0 Å². The fourth-order valence-electron chi connectivity index (χ4n) is 2.85. The van der Waals surface area contributed by atoms with E-state index >= 15 is 0 Å². The van der Waals surface area contributed by atoms with Crippen LogP contribution < -0.4 is 15.5 Å². The highest BCUT2D eigenvalue weighted by molar-refractivity contribution is 5.56. The van der Waals surface area contributed by atoms with Crippen LogP contribution in [0.3, 0.4) is 0 Å². The molecular weight excluding hydrogens is 350 g/mol. The van der Waals surface area contributed by atoms with Crippen molar-refractivity contribution in [2.75, 3.05) is 42.9 Å². The van der Waals surface area contributed by atoms with Crippen molar-refractivity contribution in [2.45, 2.75) is 26.7 Å². The highest BCUT2D eigenvalue weighted by atomic mass is 15.2. The fourth-order valence-corrected chi connectivity index (χ4v) is 2.85. The van der Waals surface area contributed by atoms with Crippen LogP contribution in [0.1, 0.15) is 36.6 Å². The number of hydrogen-bond acceptors (Lipinski definition) is 7. The smallest absolute Gasteiger partial charge is 0.144 e. The van der Waals surface area contributed by atoms with Gasteiger partial charge in [0.2, 0.25) is 0 Å². The molecule has 0 aliphatic carbocycles. The van der Waals surface area contributed by atoms with Gasteiger partial charge in [-0.3, -0.25) is 0 Å². The summed E-state index contributed by atoms with van der Waals surface area (Å²) in [4.78, 5) is 11.1. The molecule has 0 bridgehead atoms. The minimum absolute atomic E-state index is 0.403. The number of hydrogen-bond donors (Lipinski definition) is 2. The summed E-state index contributed by atoms with van der Waals surface area (Å²) in [5.74, 6) is 1.56. The number of pyridine rings is 2. The second-order valence-electron chi connectivity index (χ2n) is 6.45. The summed E-state index contributed by atoms with van der Waals surface area (Å²) in [6.45, 7) is 8.30. The van der Waals surface area contributed by atoms with Gasteiger partial charge >= 0.3 is 0 Å². The first-order valence-corrected chi connectivity index (χ1v) is 9.62. The summed E-state index contributed by atoms with van der Waals surface area (Å²) >= 11 is 0. The Bertz CT molecular complexity index is 821. The third-order valence-corrected chi connectivity index (χ3v) is 4.30. The number of nitrogens with one attached hydrogen (secondary N) is 2. The molecule has 2 aromatic heterocycles. The molecule has 0 unspecified atom stereocenters. The van der Waals surface area contributed by atoms with Gasteiger partial charge in [0.05, 0.1) is 16.8 Å². The minimum Gasteiger partial charge on any atom is -0.369 e. The maximum atomic E-state index is 9.23. The molecule has 0 fully saturated rings. The summed E-state index contributed by atoms with van der Waals surface area (Å²) in [6.07, 6.45) is 3.81. The van der Waals surface area contributed by atoms with E-state index in [4.69, 9.17) is 5.26 Å². The minimum atomic E-state index is 0.403. The van der Waals surface area contributed by atoms with Crippen LogP contribution in [0, 0.1) is 29.6 Å². The van der Waals surface area contributed by atoms with E-state index < -0.39 is 0 Å². The van der Waals surface area contributed by atoms with Crippen molar-refractivity contribution < 1.29 is 0 Å². The third kappa shape index (κ3) is 6.22. The van der Waals surface area contributed by atoms with Gasteiger partial charge in [-0.2, -0.15) is 10.5 Å². The van der Waals surface area contributed by atoms with Crippen LogP contribution in [-0.2, 0) is 0 Å². The number of rotatable bonds is 11. The molecule has 28 heavy (non-hydrogen) atoms. The van der Waals surface area contributed by atoms with Crippen LogP contribution in [0.15, 0.2) is 30.5 Å². The van der Waals surface area contributed by atoms with Gasteiger partial charge in [0, 0.05) is 32.4 Å². The molecule has 0 aliphatic rings. The van der Waals surface area contributed by atoms with E-state index in [2.05, 4.69) is 44.6 Å².